The first-order valence-electron chi connectivity index (χ1n) is 5.87. The fraction of sp³-hybridized carbons (Fsp3) is 0.900. The van der Waals surface area contributed by atoms with E-state index in [1.165, 1.54) is 6.92 Å². The maximum absolute atomic E-state index is 11.1. The molecule has 0 saturated carbocycles. The molecule has 0 aromatic carbocycles. The number of likely N-dealkylation sites (N-methyl/N-ethyl adjacent to an activating group) is 1. The minimum atomic E-state index is -3.36. The minimum absolute atomic E-state index is 0.164. The van der Waals surface area contributed by atoms with Crippen LogP contribution in [0.4, 0.5) is 0 Å². The summed E-state index contributed by atoms with van der Waals surface area (Å²) in [6.45, 7) is 5.67. The quantitative estimate of drug-likeness (QED) is 0.498. The molecule has 0 aromatic heterocycles. The van der Waals surface area contributed by atoms with Crippen molar-refractivity contribution in [2.45, 2.75) is 39.3 Å². The number of nitrogens with one attached hydrogen (secondary N) is 2. The summed E-state index contributed by atoms with van der Waals surface area (Å²) in [5, 5.41) is 11.5. The normalized spacial score (nSPS) is 15.4. The highest BCUT2D eigenvalue weighted by Crippen LogP contribution is 2.02. The fourth-order valence-electron chi connectivity index (χ4n) is 1.54. The van der Waals surface area contributed by atoms with Crippen molar-refractivity contribution in [3.63, 3.8) is 0 Å². The van der Waals surface area contributed by atoms with Crippen LogP contribution in [0.5, 0.6) is 0 Å². The molecule has 0 aliphatic heterocycles. The van der Waals surface area contributed by atoms with E-state index in [0.717, 1.165) is 6.26 Å². The molecule has 0 aromatic rings. The highest BCUT2D eigenvalue weighted by atomic mass is 32.2. The van der Waals surface area contributed by atoms with Gasteiger partial charge in [-0.25, -0.2) is 18.1 Å². The number of aliphatic hydroxyl groups excluding tert-OH is 1. The van der Waals surface area contributed by atoms with Crippen LogP contribution in [0.15, 0.2) is 0 Å². The van der Waals surface area contributed by atoms with Crippen molar-refractivity contribution in [2.75, 3.05) is 19.3 Å². The van der Waals surface area contributed by atoms with E-state index in [4.69, 9.17) is 0 Å². The molecule has 0 rings (SSSR count). The van der Waals surface area contributed by atoms with E-state index in [2.05, 4.69) is 10.1 Å². The zero-order chi connectivity index (χ0) is 14.3. The van der Waals surface area contributed by atoms with Crippen LogP contribution in [0.2, 0.25) is 0 Å². The standard InChI is InChI=1S/C10H23N3O4S/c1-5-9(12-18(4,16)17)10(15)7-13(6-2)11-8(3)14/h9-10,12,15H,5-7H2,1-4H3,(H,11,14). The third kappa shape index (κ3) is 7.59. The van der Waals surface area contributed by atoms with Gasteiger partial charge in [-0.3, -0.25) is 10.2 Å². The lowest BCUT2D eigenvalue weighted by atomic mass is 10.1. The second kappa shape index (κ2) is 7.67. The molecule has 0 bridgehead atoms. The summed E-state index contributed by atoms with van der Waals surface area (Å²) in [5.74, 6) is -0.229. The lowest BCUT2D eigenvalue weighted by Gasteiger charge is -2.28. The van der Waals surface area contributed by atoms with Crippen LogP contribution in [0.1, 0.15) is 27.2 Å². The summed E-state index contributed by atoms with van der Waals surface area (Å²) in [7, 11) is -3.36. The summed E-state index contributed by atoms with van der Waals surface area (Å²) in [4.78, 5) is 10.9. The maximum Gasteiger partial charge on any atom is 0.231 e. The van der Waals surface area contributed by atoms with Crippen molar-refractivity contribution in [1.82, 2.24) is 15.2 Å². The Morgan fingerprint density at radius 2 is 1.94 bits per heavy atom. The Morgan fingerprint density at radius 1 is 1.39 bits per heavy atom. The van der Waals surface area contributed by atoms with Crippen LogP contribution in [-0.4, -0.2) is 55.9 Å². The van der Waals surface area contributed by atoms with Gasteiger partial charge in [0.2, 0.25) is 15.9 Å². The largest absolute Gasteiger partial charge is 0.390 e. The van der Waals surface area contributed by atoms with Gasteiger partial charge in [0.25, 0.3) is 0 Å². The van der Waals surface area contributed by atoms with Crippen molar-refractivity contribution in [2.24, 2.45) is 0 Å². The molecule has 0 heterocycles. The molecule has 8 heteroatoms. The lowest BCUT2D eigenvalue weighted by Crippen LogP contribution is -2.51. The molecule has 0 radical (unpaired) electrons. The van der Waals surface area contributed by atoms with E-state index in [9.17, 15) is 18.3 Å². The van der Waals surface area contributed by atoms with Crippen LogP contribution >= 0.6 is 0 Å². The van der Waals surface area contributed by atoms with Crippen molar-refractivity contribution in [3.8, 4) is 0 Å². The number of sulfonamides is 1. The van der Waals surface area contributed by atoms with Gasteiger partial charge in [0.1, 0.15) is 0 Å². The molecule has 0 aliphatic rings. The summed E-state index contributed by atoms with van der Waals surface area (Å²) in [6, 6.07) is -0.567. The highest BCUT2D eigenvalue weighted by Gasteiger charge is 2.23. The second-order valence-corrected chi connectivity index (χ2v) is 5.96. The monoisotopic (exact) mass is 281 g/mol. The van der Waals surface area contributed by atoms with Crippen LogP contribution in [-0.2, 0) is 14.8 Å². The molecule has 1 amide bonds. The van der Waals surface area contributed by atoms with E-state index in [1.54, 1.807) is 11.9 Å². The second-order valence-electron chi connectivity index (χ2n) is 4.18. The van der Waals surface area contributed by atoms with Gasteiger partial charge in [-0.2, -0.15) is 0 Å². The SMILES string of the molecule is CCC(NS(C)(=O)=O)C(O)CN(CC)NC(C)=O. The Morgan fingerprint density at radius 3 is 2.28 bits per heavy atom. The van der Waals surface area contributed by atoms with E-state index in [0.29, 0.717) is 13.0 Å². The van der Waals surface area contributed by atoms with Gasteiger partial charge >= 0.3 is 0 Å². The zero-order valence-corrected chi connectivity index (χ0v) is 12.1. The number of carbonyl (C=O) groups excluding carboxylic acids is 1. The fourth-order valence-corrected chi connectivity index (χ4v) is 2.41. The molecule has 2 unspecified atom stereocenters. The Hall–Kier alpha value is -0.700. The number of nitrogens with zero attached hydrogens (tertiary/aromatic N) is 1. The molecule has 3 N–H and O–H groups in total. The van der Waals surface area contributed by atoms with Gasteiger partial charge in [-0.05, 0) is 6.42 Å². The molecular weight excluding hydrogens is 258 g/mol. The average molecular weight is 281 g/mol. The third-order valence-electron chi connectivity index (χ3n) is 2.37. The number of hydrogen-bond acceptors (Lipinski definition) is 5. The number of rotatable bonds is 8. The molecular formula is C10H23N3O4S. The minimum Gasteiger partial charge on any atom is -0.390 e. The van der Waals surface area contributed by atoms with Crippen LogP contribution in [0.25, 0.3) is 0 Å². The Kier molecular flexibility index (Phi) is 7.37. The zero-order valence-electron chi connectivity index (χ0n) is 11.3. The lowest BCUT2D eigenvalue weighted by molar-refractivity contribution is -0.124. The Labute approximate surface area is 109 Å². The van der Waals surface area contributed by atoms with E-state index in [-0.39, 0.29) is 12.5 Å². The molecule has 7 nitrogen and oxygen atoms in total. The number of hydrogen-bond donors (Lipinski definition) is 3. The van der Waals surface area contributed by atoms with E-state index in [1.807, 2.05) is 6.92 Å². The van der Waals surface area contributed by atoms with Crippen LogP contribution in [0.3, 0.4) is 0 Å². The van der Waals surface area contributed by atoms with Gasteiger partial charge in [0.05, 0.1) is 12.4 Å². The first-order chi connectivity index (χ1) is 8.19. The first kappa shape index (κ1) is 17.3. The maximum atomic E-state index is 11.1. The molecule has 18 heavy (non-hydrogen) atoms. The Bertz CT molecular complexity index is 358. The van der Waals surface area contributed by atoms with Gasteiger partial charge in [-0.15, -0.1) is 0 Å². The average Bonchev–Trinajstić information content (AvgIpc) is 2.22. The van der Waals surface area contributed by atoms with Gasteiger partial charge in [0.15, 0.2) is 0 Å². The molecule has 0 aliphatic carbocycles. The molecule has 0 spiro atoms. The third-order valence-corrected chi connectivity index (χ3v) is 3.11. The predicted octanol–water partition coefficient (Wildman–Crippen LogP) is -0.952. The topological polar surface area (TPSA) is 98.7 Å². The molecule has 2 atom stereocenters. The Balaban J connectivity index is 4.49. The smallest absolute Gasteiger partial charge is 0.231 e. The van der Waals surface area contributed by atoms with Crippen LogP contribution < -0.4 is 10.1 Å². The van der Waals surface area contributed by atoms with Crippen molar-refractivity contribution < 1.29 is 18.3 Å². The summed E-state index contributed by atoms with van der Waals surface area (Å²) < 4.78 is 24.6. The van der Waals surface area contributed by atoms with Crippen molar-refractivity contribution >= 4 is 15.9 Å². The first-order valence-corrected chi connectivity index (χ1v) is 7.76. The summed E-state index contributed by atoms with van der Waals surface area (Å²) in [6.07, 6.45) is 0.621. The molecule has 0 saturated heterocycles. The number of carbonyl (C=O) groups is 1. The van der Waals surface area contributed by atoms with Gasteiger partial charge in [-0.1, -0.05) is 13.8 Å². The number of hydrazine groups is 1. The van der Waals surface area contributed by atoms with Crippen molar-refractivity contribution in [1.29, 1.82) is 0 Å². The van der Waals surface area contributed by atoms with Gasteiger partial charge in [0, 0.05) is 26.1 Å². The van der Waals surface area contributed by atoms with E-state index >= 15 is 0 Å². The summed E-state index contributed by atoms with van der Waals surface area (Å²) >= 11 is 0. The van der Waals surface area contributed by atoms with Crippen molar-refractivity contribution in [3.05, 3.63) is 0 Å². The van der Waals surface area contributed by atoms with Crippen LogP contribution in [0, 0.1) is 0 Å². The molecule has 108 valence electrons. The molecule has 0 fully saturated rings. The predicted molar refractivity (Wildman–Crippen MR) is 69.1 cm³/mol. The number of aliphatic hydroxyl groups is 1. The summed E-state index contributed by atoms with van der Waals surface area (Å²) in [5.41, 5.74) is 2.56. The van der Waals surface area contributed by atoms with E-state index < -0.39 is 22.2 Å². The number of amides is 1. The van der Waals surface area contributed by atoms with Gasteiger partial charge < -0.3 is 5.11 Å². The highest BCUT2D eigenvalue weighted by molar-refractivity contribution is 7.88.